The second kappa shape index (κ2) is 7.66. The fraction of sp³-hybridized carbons (Fsp3) is 0.273. The van der Waals surface area contributed by atoms with Crippen molar-refractivity contribution in [3.8, 4) is 0 Å². The van der Waals surface area contributed by atoms with Crippen molar-refractivity contribution < 1.29 is 13.6 Å². The SMILES string of the molecule is CC(C)n1cc(C2=CCN(C(=O)Nc3ccc(F)cc3F)CC2)c2cccnc21. The van der Waals surface area contributed by atoms with E-state index >= 15 is 0 Å². The molecule has 0 saturated heterocycles. The van der Waals surface area contributed by atoms with Crippen molar-refractivity contribution in [2.75, 3.05) is 18.4 Å². The molecule has 5 nitrogen and oxygen atoms in total. The van der Waals surface area contributed by atoms with Gasteiger partial charge in [0.15, 0.2) is 0 Å². The highest BCUT2D eigenvalue weighted by atomic mass is 19.1. The zero-order valence-corrected chi connectivity index (χ0v) is 16.3. The van der Waals surface area contributed by atoms with Crippen LogP contribution in [0.15, 0.2) is 48.8 Å². The van der Waals surface area contributed by atoms with Crippen LogP contribution < -0.4 is 5.32 Å². The van der Waals surface area contributed by atoms with Crippen molar-refractivity contribution in [3.05, 3.63) is 66.0 Å². The molecule has 0 radical (unpaired) electrons. The van der Waals surface area contributed by atoms with E-state index in [9.17, 15) is 13.6 Å². The fourth-order valence-corrected chi connectivity index (χ4v) is 3.62. The van der Waals surface area contributed by atoms with Crippen LogP contribution in [0.2, 0.25) is 0 Å². The average molecular weight is 396 g/mol. The number of hydrogen-bond donors (Lipinski definition) is 1. The Hall–Kier alpha value is -3.22. The molecule has 3 aromatic rings. The summed E-state index contributed by atoms with van der Waals surface area (Å²) in [6, 6.07) is 6.97. The lowest BCUT2D eigenvalue weighted by molar-refractivity contribution is 0.217. The van der Waals surface area contributed by atoms with Gasteiger partial charge in [-0.2, -0.15) is 0 Å². The molecule has 1 N–H and O–H groups in total. The van der Waals surface area contributed by atoms with Crippen LogP contribution in [0.5, 0.6) is 0 Å². The van der Waals surface area contributed by atoms with Gasteiger partial charge in [-0.25, -0.2) is 18.6 Å². The van der Waals surface area contributed by atoms with E-state index in [1.165, 1.54) is 11.6 Å². The van der Waals surface area contributed by atoms with Gasteiger partial charge in [0.2, 0.25) is 0 Å². The molecule has 2 amide bonds. The summed E-state index contributed by atoms with van der Waals surface area (Å²) in [5, 5.41) is 3.61. The van der Waals surface area contributed by atoms with Crippen molar-refractivity contribution in [3.63, 3.8) is 0 Å². The highest BCUT2D eigenvalue weighted by Crippen LogP contribution is 2.31. The van der Waals surface area contributed by atoms with Crippen LogP contribution in [0.4, 0.5) is 19.3 Å². The Bertz CT molecular complexity index is 1100. The minimum Gasteiger partial charge on any atom is -0.329 e. The number of amides is 2. The molecule has 1 aromatic carbocycles. The van der Waals surface area contributed by atoms with Gasteiger partial charge in [0.1, 0.15) is 17.3 Å². The number of pyridine rings is 1. The lowest BCUT2D eigenvalue weighted by Gasteiger charge is -2.26. The Kier molecular flexibility index (Phi) is 5.05. The Morgan fingerprint density at radius 2 is 2.07 bits per heavy atom. The predicted octanol–water partition coefficient (Wildman–Crippen LogP) is 5.22. The summed E-state index contributed by atoms with van der Waals surface area (Å²) in [4.78, 5) is 18.6. The van der Waals surface area contributed by atoms with Gasteiger partial charge in [0, 0.05) is 48.5 Å². The summed E-state index contributed by atoms with van der Waals surface area (Å²) in [5.74, 6) is -1.47. The molecule has 1 aliphatic heterocycles. The summed E-state index contributed by atoms with van der Waals surface area (Å²) >= 11 is 0. The van der Waals surface area contributed by atoms with Crippen molar-refractivity contribution in [1.29, 1.82) is 0 Å². The number of urea groups is 1. The Morgan fingerprint density at radius 3 is 2.76 bits per heavy atom. The fourth-order valence-electron chi connectivity index (χ4n) is 3.62. The number of rotatable bonds is 3. The molecule has 150 valence electrons. The zero-order chi connectivity index (χ0) is 20.5. The Balaban J connectivity index is 1.53. The topological polar surface area (TPSA) is 50.2 Å². The maximum atomic E-state index is 13.8. The van der Waals surface area contributed by atoms with Crippen LogP contribution in [0.1, 0.15) is 31.9 Å². The van der Waals surface area contributed by atoms with E-state index in [-0.39, 0.29) is 5.69 Å². The third-order valence-corrected chi connectivity index (χ3v) is 5.16. The van der Waals surface area contributed by atoms with Gasteiger partial charge in [-0.3, -0.25) is 0 Å². The summed E-state index contributed by atoms with van der Waals surface area (Å²) in [7, 11) is 0. The molecular formula is C22H22F2N4O. The third kappa shape index (κ3) is 3.72. The summed E-state index contributed by atoms with van der Waals surface area (Å²) in [5.41, 5.74) is 3.22. The van der Waals surface area contributed by atoms with E-state index in [2.05, 4.69) is 41.0 Å². The van der Waals surface area contributed by atoms with E-state index in [0.717, 1.165) is 28.7 Å². The molecule has 1 aliphatic rings. The van der Waals surface area contributed by atoms with Gasteiger partial charge in [0.25, 0.3) is 0 Å². The molecule has 0 atom stereocenters. The largest absolute Gasteiger partial charge is 0.329 e. The summed E-state index contributed by atoms with van der Waals surface area (Å²) in [6.45, 7) is 5.16. The van der Waals surface area contributed by atoms with Gasteiger partial charge in [-0.1, -0.05) is 6.08 Å². The number of nitrogens with one attached hydrogen (secondary N) is 1. The quantitative estimate of drug-likeness (QED) is 0.660. The number of carbonyl (C=O) groups excluding carboxylic acids is 1. The first-order valence-corrected chi connectivity index (χ1v) is 9.60. The van der Waals surface area contributed by atoms with Crippen LogP contribution in [-0.2, 0) is 0 Å². The second-order valence-electron chi connectivity index (χ2n) is 7.40. The van der Waals surface area contributed by atoms with Crippen LogP contribution in [0, 0.1) is 11.6 Å². The maximum Gasteiger partial charge on any atom is 0.322 e. The van der Waals surface area contributed by atoms with Crippen molar-refractivity contribution in [2.24, 2.45) is 0 Å². The highest BCUT2D eigenvalue weighted by molar-refractivity contribution is 5.93. The molecule has 0 spiro atoms. The highest BCUT2D eigenvalue weighted by Gasteiger charge is 2.21. The Morgan fingerprint density at radius 1 is 1.24 bits per heavy atom. The molecule has 0 unspecified atom stereocenters. The van der Waals surface area contributed by atoms with Gasteiger partial charge in [-0.05, 0) is 50.1 Å². The van der Waals surface area contributed by atoms with Gasteiger partial charge >= 0.3 is 6.03 Å². The van der Waals surface area contributed by atoms with E-state index in [1.54, 1.807) is 11.1 Å². The maximum absolute atomic E-state index is 13.8. The molecule has 0 fully saturated rings. The van der Waals surface area contributed by atoms with Crippen molar-refractivity contribution >= 4 is 28.3 Å². The van der Waals surface area contributed by atoms with Crippen LogP contribution >= 0.6 is 0 Å². The zero-order valence-electron chi connectivity index (χ0n) is 16.3. The number of benzene rings is 1. The van der Waals surface area contributed by atoms with E-state index in [1.807, 2.05) is 12.1 Å². The number of hydrogen-bond acceptors (Lipinski definition) is 2. The molecule has 0 aliphatic carbocycles. The average Bonchev–Trinajstić information content (AvgIpc) is 3.10. The van der Waals surface area contributed by atoms with Crippen molar-refractivity contribution in [2.45, 2.75) is 26.3 Å². The molecule has 3 heterocycles. The minimum atomic E-state index is -0.791. The van der Waals surface area contributed by atoms with E-state index < -0.39 is 17.7 Å². The number of anilines is 1. The van der Waals surface area contributed by atoms with Crippen molar-refractivity contribution in [1.82, 2.24) is 14.5 Å². The number of fused-ring (bicyclic) bond motifs is 1. The third-order valence-electron chi connectivity index (χ3n) is 5.16. The molecule has 29 heavy (non-hydrogen) atoms. The standard InChI is InChI=1S/C22H22F2N4O/c1-14(2)28-13-18(17-4-3-9-25-21(17)28)15-7-10-27(11-8-15)22(29)26-20-6-5-16(23)12-19(20)24/h3-7,9,12-14H,8,10-11H2,1-2H3,(H,26,29). The number of aromatic nitrogens is 2. The summed E-state index contributed by atoms with van der Waals surface area (Å²) in [6.07, 6.45) is 6.63. The Labute approximate surface area is 167 Å². The molecule has 7 heteroatoms. The van der Waals surface area contributed by atoms with Gasteiger partial charge in [-0.15, -0.1) is 0 Å². The first kappa shape index (κ1) is 19.1. The first-order valence-electron chi connectivity index (χ1n) is 9.60. The predicted molar refractivity (Wildman–Crippen MR) is 110 cm³/mol. The van der Waals surface area contributed by atoms with Crippen LogP contribution in [-0.4, -0.2) is 33.6 Å². The molecule has 0 bridgehead atoms. The van der Waals surface area contributed by atoms with Gasteiger partial charge < -0.3 is 14.8 Å². The smallest absolute Gasteiger partial charge is 0.322 e. The normalized spacial score (nSPS) is 14.4. The lowest BCUT2D eigenvalue weighted by atomic mass is 10.00. The second-order valence-corrected chi connectivity index (χ2v) is 7.40. The molecule has 0 saturated carbocycles. The van der Waals surface area contributed by atoms with Gasteiger partial charge in [0.05, 0.1) is 5.69 Å². The lowest BCUT2D eigenvalue weighted by Crippen LogP contribution is -2.38. The number of carbonyl (C=O) groups is 1. The summed E-state index contributed by atoms with van der Waals surface area (Å²) < 4.78 is 29.0. The molecular weight excluding hydrogens is 374 g/mol. The number of halogens is 2. The molecule has 2 aromatic heterocycles. The van der Waals surface area contributed by atoms with E-state index in [0.29, 0.717) is 25.6 Å². The first-order chi connectivity index (χ1) is 13.9. The van der Waals surface area contributed by atoms with E-state index in [4.69, 9.17) is 0 Å². The molecule has 4 rings (SSSR count). The van der Waals surface area contributed by atoms with Crippen LogP contribution in [0.3, 0.4) is 0 Å². The minimum absolute atomic E-state index is 0.0303. The van der Waals surface area contributed by atoms with Crippen LogP contribution in [0.25, 0.3) is 16.6 Å². The monoisotopic (exact) mass is 396 g/mol. The number of nitrogens with zero attached hydrogens (tertiary/aromatic N) is 3.